The third-order valence-corrected chi connectivity index (χ3v) is 2.75. The second-order valence-electron chi connectivity index (χ2n) is 4.49. The van der Waals surface area contributed by atoms with Crippen LogP contribution in [-0.2, 0) is 6.42 Å². The molecular weight excluding hydrogens is 198 g/mol. The van der Waals surface area contributed by atoms with Crippen LogP contribution in [0.25, 0.3) is 0 Å². The molecule has 0 amide bonds. The van der Waals surface area contributed by atoms with Gasteiger partial charge in [0, 0.05) is 17.8 Å². The standard InChI is InChI=1S/C14H17NO/c1-10(2)8-14(16)12-5-6-13-11(9-12)4-3-7-15-13/h5-6,8-9,15H,3-4,7H2,1-2H3. The molecule has 1 aromatic carbocycles. The van der Waals surface area contributed by atoms with Gasteiger partial charge in [0.05, 0.1) is 0 Å². The Balaban J connectivity index is 2.30. The minimum absolute atomic E-state index is 0.105. The van der Waals surface area contributed by atoms with E-state index in [2.05, 4.69) is 5.32 Å². The Morgan fingerprint density at radius 3 is 2.94 bits per heavy atom. The van der Waals surface area contributed by atoms with Crippen molar-refractivity contribution in [2.45, 2.75) is 26.7 Å². The van der Waals surface area contributed by atoms with E-state index in [9.17, 15) is 4.79 Å². The molecular formula is C14H17NO. The average Bonchev–Trinajstić information content (AvgIpc) is 2.27. The van der Waals surface area contributed by atoms with Crippen LogP contribution in [0.15, 0.2) is 29.8 Å². The molecule has 2 nitrogen and oxygen atoms in total. The summed E-state index contributed by atoms with van der Waals surface area (Å²) in [6.45, 7) is 4.92. The van der Waals surface area contributed by atoms with E-state index in [1.54, 1.807) is 6.08 Å². The van der Waals surface area contributed by atoms with Gasteiger partial charge in [0.15, 0.2) is 5.78 Å². The lowest BCUT2D eigenvalue weighted by Crippen LogP contribution is -2.12. The highest BCUT2D eigenvalue weighted by molar-refractivity contribution is 6.05. The number of benzene rings is 1. The molecule has 1 aliphatic rings. The lowest BCUT2D eigenvalue weighted by molar-refractivity contribution is 0.104. The molecule has 1 N–H and O–H groups in total. The lowest BCUT2D eigenvalue weighted by atomic mass is 9.98. The minimum atomic E-state index is 0.105. The second-order valence-corrected chi connectivity index (χ2v) is 4.49. The van der Waals surface area contributed by atoms with Crippen molar-refractivity contribution in [3.8, 4) is 0 Å². The number of ketones is 1. The van der Waals surface area contributed by atoms with Gasteiger partial charge in [-0.3, -0.25) is 4.79 Å². The molecule has 1 aromatic rings. The van der Waals surface area contributed by atoms with E-state index in [0.717, 1.165) is 30.5 Å². The molecule has 84 valence electrons. The van der Waals surface area contributed by atoms with Crippen molar-refractivity contribution in [2.75, 3.05) is 11.9 Å². The van der Waals surface area contributed by atoms with Gasteiger partial charge in [-0.05, 0) is 56.5 Å². The zero-order valence-corrected chi connectivity index (χ0v) is 9.84. The maximum Gasteiger partial charge on any atom is 0.185 e. The number of carbonyl (C=O) groups is 1. The Bertz CT molecular complexity index is 442. The Labute approximate surface area is 96.4 Å². The summed E-state index contributed by atoms with van der Waals surface area (Å²) in [6.07, 6.45) is 3.91. The van der Waals surface area contributed by atoms with Crippen molar-refractivity contribution in [2.24, 2.45) is 0 Å². The predicted molar refractivity (Wildman–Crippen MR) is 67.0 cm³/mol. The van der Waals surface area contributed by atoms with E-state index < -0.39 is 0 Å². The summed E-state index contributed by atoms with van der Waals surface area (Å²) in [5.74, 6) is 0.105. The van der Waals surface area contributed by atoms with Crippen molar-refractivity contribution in [3.63, 3.8) is 0 Å². The summed E-state index contributed by atoms with van der Waals surface area (Å²) in [6, 6.07) is 5.93. The van der Waals surface area contributed by atoms with E-state index >= 15 is 0 Å². The van der Waals surface area contributed by atoms with Crippen molar-refractivity contribution < 1.29 is 4.79 Å². The lowest BCUT2D eigenvalue weighted by Gasteiger charge is -2.18. The summed E-state index contributed by atoms with van der Waals surface area (Å²) in [7, 11) is 0. The van der Waals surface area contributed by atoms with E-state index in [1.165, 1.54) is 11.3 Å². The molecule has 16 heavy (non-hydrogen) atoms. The van der Waals surface area contributed by atoms with Crippen molar-refractivity contribution in [1.29, 1.82) is 0 Å². The molecule has 0 bridgehead atoms. The molecule has 0 aliphatic carbocycles. The van der Waals surface area contributed by atoms with E-state index in [4.69, 9.17) is 0 Å². The van der Waals surface area contributed by atoms with Crippen LogP contribution >= 0.6 is 0 Å². The maximum atomic E-state index is 11.8. The number of aryl methyl sites for hydroxylation is 1. The number of fused-ring (bicyclic) bond motifs is 1. The summed E-state index contributed by atoms with van der Waals surface area (Å²) >= 11 is 0. The molecule has 0 aromatic heterocycles. The van der Waals surface area contributed by atoms with Gasteiger partial charge in [0.2, 0.25) is 0 Å². The normalized spacial score (nSPS) is 13.6. The maximum absolute atomic E-state index is 11.8. The van der Waals surface area contributed by atoms with Crippen molar-refractivity contribution in [1.82, 2.24) is 0 Å². The van der Waals surface area contributed by atoms with Gasteiger partial charge in [0.1, 0.15) is 0 Å². The molecule has 2 heteroatoms. The van der Waals surface area contributed by atoms with Crippen LogP contribution in [0.4, 0.5) is 5.69 Å². The fourth-order valence-electron chi connectivity index (χ4n) is 1.97. The topological polar surface area (TPSA) is 29.1 Å². The molecule has 1 heterocycles. The Hall–Kier alpha value is -1.57. The van der Waals surface area contributed by atoms with Gasteiger partial charge >= 0.3 is 0 Å². The first kappa shape index (κ1) is 10.9. The highest BCUT2D eigenvalue weighted by Gasteiger charge is 2.10. The van der Waals surface area contributed by atoms with E-state index in [-0.39, 0.29) is 5.78 Å². The highest BCUT2D eigenvalue weighted by Crippen LogP contribution is 2.23. The highest BCUT2D eigenvalue weighted by atomic mass is 16.1. The Morgan fingerprint density at radius 2 is 2.19 bits per heavy atom. The summed E-state index contributed by atoms with van der Waals surface area (Å²) in [5, 5.41) is 3.34. The molecule has 0 spiro atoms. The van der Waals surface area contributed by atoms with Crippen LogP contribution in [0.3, 0.4) is 0 Å². The summed E-state index contributed by atoms with van der Waals surface area (Å²) < 4.78 is 0. The third kappa shape index (κ3) is 2.32. The first-order chi connectivity index (χ1) is 7.66. The van der Waals surface area contributed by atoms with Crippen LogP contribution in [0.1, 0.15) is 36.2 Å². The third-order valence-electron chi connectivity index (χ3n) is 2.75. The molecule has 0 unspecified atom stereocenters. The van der Waals surface area contributed by atoms with Gasteiger partial charge in [-0.25, -0.2) is 0 Å². The van der Waals surface area contributed by atoms with E-state index in [0.29, 0.717) is 0 Å². The van der Waals surface area contributed by atoms with Gasteiger partial charge in [-0.1, -0.05) is 5.57 Å². The van der Waals surface area contributed by atoms with Crippen LogP contribution in [0, 0.1) is 0 Å². The van der Waals surface area contributed by atoms with Crippen LogP contribution < -0.4 is 5.32 Å². The van der Waals surface area contributed by atoms with Gasteiger partial charge < -0.3 is 5.32 Å². The van der Waals surface area contributed by atoms with Crippen molar-refractivity contribution >= 4 is 11.5 Å². The zero-order chi connectivity index (χ0) is 11.5. The molecule has 0 radical (unpaired) electrons. The molecule has 0 fully saturated rings. The minimum Gasteiger partial charge on any atom is -0.385 e. The van der Waals surface area contributed by atoms with Crippen molar-refractivity contribution in [3.05, 3.63) is 41.0 Å². The monoisotopic (exact) mass is 215 g/mol. The summed E-state index contributed by atoms with van der Waals surface area (Å²) in [5.41, 5.74) is 4.28. The smallest absolute Gasteiger partial charge is 0.185 e. The van der Waals surface area contributed by atoms with Crippen LogP contribution in [0.5, 0.6) is 0 Å². The molecule has 2 rings (SSSR count). The zero-order valence-electron chi connectivity index (χ0n) is 9.84. The quantitative estimate of drug-likeness (QED) is 0.606. The Morgan fingerprint density at radius 1 is 1.38 bits per heavy atom. The largest absolute Gasteiger partial charge is 0.385 e. The molecule has 0 saturated carbocycles. The number of anilines is 1. The van der Waals surface area contributed by atoms with Gasteiger partial charge in [-0.15, -0.1) is 0 Å². The fraction of sp³-hybridized carbons (Fsp3) is 0.357. The number of hydrogen-bond acceptors (Lipinski definition) is 2. The van der Waals surface area contributed by atoms with Crippen LogP contribution in [-0.4, -0.2) is 12.3 Å². The predicted octanol–water partition coefficient (Wildman–Crippen LogP) is 3.19. The van der Waals surface area contributed by atoms with Crippen LogP contribution in [0.2, 0.25) is 0 Å². The second kappa shape index (κ2) is 4.52. The molecule has 1 aliphatic heterocycles. The van der Waals surface area contributed by atoms with E-state index in [1.807, 2.05) is 32.0 Å². The Kier molecular flexibility index (Phi) is 3.09. The molecule has 0 atom stereocenters. The number of rotatable bonds is 2. The first-order valence-corrected chi connectivity index (χ1v) is 5.73. The SMILES string of the molecule is CC(C)=CC(=O)c1ccc2c(c1)CCCN2. The van der Waals surface area contributed by atoms with Gasteiger partial charge in [-0.2, -0.15) is 0 Å². The number of hydrogen-bond donors (Lipinski definition) is 1. The number of carbonyl (C=O) groups excluding carboxylic acids is 1. The number of allylic oxidation sites excluding steroid dienone is 2. The number of nitrogens with one attached hydrogen (secondary N) is 1. The first-order valence-electron chi connectivity index (χ1n) is 5.73. The fourth-order valence-corrected chi connectivity index (χ4v) is 1.97. The van der Waals surface area contributed by atoms with Gasteiger partial charge in [0.25, 0.3) is 0 Å². The summed E-state index contributed by atoms with van der Waals surface area (Å²) in [4.78, 5) is 11.8. The average molecular weight is 215 g/mol. The molecule has 0 saturated heterocycles.